The molecule has 142 valence electrons. The van der Waals surface area contributed by atoms with E-state index in [1.54, 1.807) is 12.2 Å². The number of allylic oxidation sites excluding steroid dienone is 3. The fourth-order valence-corrected chi connectivity index (χ4v) is 3.08. The molecule has 4 heteroatoms. The second-order valence-corrected chi connectivity index (χ2v) is 6.57. The zero-order valence-electron chi connectivity index (χ0n) is 15.8. The Morgan fingerprint density at radius 3 is 2.68 bits per heavy atom. The van der Waals surface area contributed by atoms with Crippen LogP contribution in [0.2, 0.25) is 0 Å². The number of carbonyl (C=O) groups is 1. The fourth-order valence-electron chi connectivity index (χ4n) is 3.08. The van der Waals surface area contributed by atoms with Crippen molar-refractivity contribution in [3.8, 4) is 5.75 Å². The van der Waals surface area contributed by atoms with Crippen LogP contribution in [0.5, 0.6) is 5.75 Å². The number of carboxylic acid groups (broad SMARTS) is 1. The molecule has 0 aliphatic rings. The number of ether oxygens (including phenoxy) is 1. The van der Waals surface area contributed by atoms with Crippen molar-refractivity contribution in [1.29, 1.82) is 0 Å². The SMILES string of the molecule is C=C/C=C(\C)Cn1c(/C=C/C(=O)O)cc2cc(OCc3ccccc3)ccc21. The minimum Gasteiger partial charge on any atom is -0.489 e. The number of fused-ring (bicyclic) bond motifs is 1. The van der Waals surface area contributed by atoms with Crippen molar-refractivity contribution in [2.24, 2.45) is 0 Å². The number of hydrogen-bond acceptors (Lipinski definition) is 2. The van der Waals surface area contributed by atoms with Gasteiger partial charge in [0.1, 0.15) is 12.4 Å². The summed E-state index contributed by atoms with van der Waals surface area (Å²) in [7, 11) is 0. The molecule has 0 unspecified atom stereocenters. The third-order valence-electron chi connectivity index (χ3n) is 4.36. The third-order valence-corrected chi connectivity index (χ3v) is 4.36. The lowest BCUT2D eigenvalue weighted by molar-refractivity contribution is -0.131. The van der Waals surface area contributed by atoms with E-state index in [2.05, 4.69) is 11.1 Å². The number of aliphatic carboxylic acids is 1. The Morgan fingerprint density at radius 1 is 1.18 bits per heavy atom. The minimum atomic E-state index is -0.970. The summed E-state index contributed by atoms with van der Waals surface area (Å²) in [5.74, 6) is -0.192. The largest absolute Gasteiger partial charge is 0.489 e. The minimum absolute atomic E-state index is 0.500. The van der Waals surface area contributed by atoms with Gasteiger partial charge in [0.2, 0.25) is 0 Å². The van der Waals surface area contributed by atoms with E-state index in [9.17, 15) is 4.79 Å². The van der Waals surface area contributed by atoms with Crippen LogP contribution in [0.3, 0.4) is 0 Å². The van der Waals surface area contributed by atoms with Gasteiger partial charge in [-0.25, -0.2) is 4.79 Å². The molecule has 0 fully saturated rings. The lowest BCUT2D eigenvalue weighted by Crippen LogP contribution is -2.01. The van der Waals surface area contributed by atoms with Crippen LogP contribution in [0, 0.1) is 0 Å². The van der Waals surface area contributed by atoms with Gasteiger partial charge >= 0.3 is 5.97 Å². The summed E-state index contributed by atoms with van der Waals surface area (Å²) in [4.78, 5) is 11.0. The average molecular weight is 373 g/mol. The number of benzene rings is 2. The maximum Gasteiger partial charge on any atom is 0.328 e. The van der Waals surface area contributed by atoms with Crippen LogP contribution < -0.4 is 4.74 Å². The Kier molecular flexibility index (Phi) is 6.12. The molecule has 0 atom stereocenters. The lowest BCUT2D eigenvalue weighted by atomic mass is 10.2. The lowest BCUT2D eigenvalue weighted by Gasteiger charge is -2.10. The van der Waals surface area contributed by atoms with Crippen molar-refractivity contribution in [3.63, 3.8) is 0 Å². The van der Waals surface area contributed by atoms with Gasteiger partial charge in [-0.1, -0.05) is 54.6 Å². The zero-order chi connectivity index (χ0) is 19.9. The van der Waals surface area contributed by atoms with Crippen LogP contribution in [0.4, 0.5) is 0 Å². The first-order valence-electron chi connectivity index (χ1n) is 9.06. The van der Waals surface area contributed by atoms with Crippen LogP contribution in [-0.4, -0.2) is 15.6 Å². The van der Waals surface area contributed by atoms with E-state index in [0.29, 0.717) is 13.2 Å². The molecule has 1 heterocycles. The Bertz CT molecular complexity index is 1040. The van der Waals surface area contributed by atoms with E-state index in [1.807, 2.05) is 67.6 Å². The maximum atomic E-state index is 11.0. The molecule has 28 heavy (non-hydrogen) atoms. The molecule has 3 rings (SSSR count). The molecule has 0 saturated carbocycles. The predicted molar refractivity (Wildman–Crippen MR) is 113 cm³/mol. The van der Waals surface area contributed by atoms with Crippen molar-refractivity contribution in [2.75, 3.05) is 0 Å². The summed E-state index contributed by atoms with van der Waals surface area (Å²) < 4.78 is 8.01. The quantitative estimate of drug-likeness (QED) is 0.422. The van der Waals surface area contributed by atoms with Crippen LogP contribution in [0.1, 0.15) is 18.2 Å². The highest BCUT2D eigenvalue weighted by Crippen LogP contribution is 2.27. The molecule has 3 aromatic rings. The smallest absolute Gasteiger partial charge is 0.328 e. The van der Waals surface area contributed by atoms with E-state index in [4.69, 9.17) is 9.84 Å². The van der Waals surface area contributed by atoms with Gasteiger partial charge in [-0.15, -0.1) is 0 Å². The van der Waals surface area contributed by atoms with Crippen LogP contribution in [-0.2, 0) is 17.9 Å². The molecule has 0 aliphatic heterocycles. The number of nitrogens with zero attached hydrogens (tertiary/aromatic N) is 1. The molecule has 0 amide bonds. The molecule has 0 saturated heterocycles. The molecule has 0 radical (unpaired) electrons. The third kappa shape index (κ3) is 4.80. The van der Waals surface area contributed by atoms with Gasteiger partial charge < -0.3 is 14.4 Å². The van der Waals surface area contributed by atoms with E-state index in [-0.39, 0.29) is 0 Å². The van der Waals surface area contributed by atoms with Gasteiger partial charge in [-0.2, -0.15) is 0 Å². The first kappa shape index (κ1) is 19.2. The van der Waals surface area contributed by atoms with Gasteiger partial charge in [-0.3, -0.25) is 0 Å². The summed E-state index contributed by atoms with van der Waals surface area (Å²) in [5, 5.41) is 9.99. The van der Waals surface area contributed by atoms with E-state index >= 15 is 0 Å². The summed E-state index contributed by atoms with van der Waals surface area (Å²) in [6.45, 7) is 6.91. The van der Waals surface area contributed by atoms with Crippen molar-refractivity contribution >= 4 is 22.9 Å². The van der Waals surface area contributed by atoms with Crippen molar-refractivity contribution in [2.45, 2.75) is 20.1 Å². The van der Waals surface area contributed by atoms with Gasteiger partial charge in [0.25, 0.3) is 0 Å². The van der Waals surface area contributed by atoms with Crippen molar-refractivity contribution < 1.29 is 14.6 Å². The fraction of sp³-hybridized carbons (Fsp3) is 0.125. The molecule has 4 nitrogen and oxygen atoms in total. The molecular formula is C24H23NO3. The van der Waals surface area contributed by atoms with Gasteiger partial charge in [0, 0.05) is 29.2 Å². The van der Waals surface area contributed by atoms with Crippen molar-refractivity contribution in [1.82, 2.24) is 4.57 Å². The molecule has 0 spiro atoms. The Labute approximate surface area is 164 Å². The molecule has 0 bridgehead atoms. The Morgan fingerprint density at radius 2 is 1.96 bits per heavy atom. The number of hydrogen-bond donors (Lipinski definition) is 1. The molecule has 2 aromatic carbocycles. The second kappa shape index (κ2) is 8.91. The normalized spacial score (nSPS) is 11.8. The van der Waals surface area contributed by atoms with E-state index < -0.39 is 5.97 Å². The maximum absolute atomic E-state index is 11.0. The second-order valence-electron chi connectivity index (χ2n) is 6.57. The van der Waals surface area contributed by atoms with E-state index in [1.165, 1.54) is 0 Å². The monoisotopic (exact) mass is 373 g/mol. The standard InChI is InChI=1S/C24H23NO3/c1-3-7-18(2)16-25-21(10-13-24(26)27)14-20-15-22(11-12-23(20)25)28-17-19-8-5-4-6-9-19/h3-15H,1,16-17H2,2H3,(H,26,27)/b13-10+,18-7+. The highest BCUT2D eigenvalue weighted by molar-refractivity contribution is 5.89. The number of rotatable bonds is 8. The Hall–Kier alpha value is -3.53. The number of carboxylic acids is 1. The topological polar surface area (TPSA) is 51.5 Å². The van der Waals surface area contributed by atoms with Gasteiger partial charge in [0.05, 0.1) is 0 Å². The van der Waals surface area contributed by atoms with Crippen molar-refractivity contribution in [3.05, 3.63) is 96.2 Å². The van der Waals surface area contributed by atoms with Gasteiger partial charge in [0.15, 0.2) is 0 Å². The zero-order valence-corrected chi connectivity index (χ0v) is 15.8. The number of aromatic nitrogens is 1. The Balaban J connectivity index is 1.92. The van der Waals surface area contributed by atoms with Crippen LogP contribution in [0.25, 0.3) is 17.0 Å². The van der Waals surface area contributed by atoms with Crippen LogP contribution in [0.15, 0.2) is 85.0 Å². The predicted octanol–water partition coefficient (Wildman–Crippen LogP) is 5.45. The highest BCUT2D eigenvalue weighted by Gasteiger charge is 2.09. The molecule has 1 aromatic heterocycles. The summed E-state index contributed by atoms with van der Waals surface area (Å²) in [6.07, 6.45) is 6.48. The first-order chi connectivity index (χ1) is 13.6. The van der Waals surface area contributed by atoms with Gasteiger partial charge in [-0.05, 0) is 42.8 Å². The summed E-state index contributed by atoms with van der Waals surface area (Å²) in [6, 6.07) is 17.9. The van der Waals surface area contributed by atoms with E-state index in [0.717, 1.165) is 39.6 Å². The summed E-state index contributed by atoms with van der Waals surface area (Å²) >= 11 is 0. The molecule has 1 N–H and O–H groups in total. The summed E-state index contributed by atoms with van der Waals surface area (Å²) in [5.41, 5.74) is 4.08. The van der Waals surface area contributed by atoms with Crippen LogP contribution >= 0.6 is 0 Å². The molecule has 0 aliphatic carbocycles. The average Bonchev–Trinajstić information content (AvgIpc) is 3.02. The highest BCUT2D eigenvalue weighted by atomic mass is 16.5. The molecular weight excluding hydrogens is 350 g/mol. The first-order valence-corrected chi connectivity index (χ1v) is 9.06.